The smallest absolute Gasteiger partial charge is 0.340 e. The topological polar surface area (TPSA) is 90.4 Å². The lowest BCUT2D eigenvalue weighted by Gasteiger charge is -2.14. The fourth-order valence-corrected chi connectivity index (χ4v) is 3.14. The van der Waals surface area contributed by atoms with Gasteiger partial charge in [-0.2, -0.15) is 0 Å². The zero-order valence-corrected chi connectivity index (χ0v) is 16.2. The lowest BCUT2D eigenvalue weighted by molar-refractivity contribution is -0.124. The molecule has 3 rings (SSSR count). The van der Waals surface area contributed by atoms with E-state index in [1.807, 2.05) is 29.6 Å². The minimum atomic E-state index is -0.916. The van der Waals surface area contributed by atoms with Gasteiger partial charge in [0.2, 0.25) is 0 Å². The molecule has 1 atom stereocenters. The van der Waals surface area contributed by atoms with Crippen molar-refractivity contribution < 1.29 is 19.1 Å². The normalized spacial score (nSPS) is 11.5. The molecule has 2 aromatic heterocycles. The van der Waals surface area contributed by atoms with Gasteiger partial charge in [-0.1, -0.05) is 6.92 Å². The van der Waals surface area contributed by atoms with Crippen LogP contribution in [0.2, 0.25) is 0 Å². The number of methoxy groups -OCH3 is 1. The van der Waals surface area contributed by atoms with Gasteiger partial charge in [-0.3, -0.25) is 15.1 Å². The second-order valence-electron chi connectivity index (χ2n) is 5.80. The fraction of sp³-hybridized carbons (Fsp3) is 0.200. The number of carbonyl (C=O) groups is 2. The Hall–Kier alpha value is -3.26. The molecule has 8 heteroatoms. The summed E-state index contributed by atoms with van der Waals surface area (Å²) < 4.78 is 10.5. The number of ether oxygens (including phenoxy) is 2. The summed E-state index contributed by atoms with van der Waals surface area (Å²) in [5.74, 6) is -0.253. The Labute approximate surface area is 166 Å². The van der Waals surface area contributed by atoms with E-state index in [0.717, 1.165) is 17.0 Å². The van der Waals surface area contributed by atoms with Crippen LogP contribution < -0.4 is 10.1 Å². The van der Waals surface area contributed by atoms with Crippen molar-refractivity contribution in [2.45, 2.75) is 19.4 Å². The fourth-order valence-electron chi connectivity index (χ4n) is 2.41. The Kier molecular flexibility index (Phi) is 6.33. The second-order valence-corrected chi connectivity index (χ2v) is 6.66. The molecule has 0 saturated carbocycles. The summed E-state index contributed by atoms with van der Waals surface area (Å²) >= 11 is 1.30. The molecule has 0 fully saturated rings. The van der Waals surface area contributed by atoms with Crippen molar-refractivity contribution in [2.75, 3.05) is 12.4 Å². The van der Waals surface area contributed by atoms with Crippen LogP contribution in [0.25, 0.3) is 11.3 Å². The molecule has 7 nitrogen and oxygen atoms in total. The maximum Gasteiger partial charge on any atom is 0.340 e. The van der Waals surface area contributed by atoms with Crippen molar-refractivity contribution >= 4 is 28.3 Å². The van der Waals surface area contributed by atoms with Crippen molar-refractivity contribution in [2.24, 2.45) is 0 Å². The van der Waals surface area contributed by atoms with Gasteiger partial charge in [-0.25, -0.2) is 9.78 Å². The first-order valence-corrected chi connectivity index (χ1v) is 9.50. The number of esters is 1. The molecule has 1 amide bonds. The predicted molar refractivity (Wildman–Crippen MR) is 106 cm³/mol. The largest absolute Gasteiger partial charge is 0.497 e. The first-order chi connectivity index (χ1) is 13.6. The Morgan fingerprint density at radius 1 is 1.21 bits per heavy atom. The van der Waals surface area contributed by atoms with Gasteiger partial charge in [0.1, 0.15) is 5.75 Å². The number of anilines is 1. The summed E-state index contributed by atoms with van der Waals surface area (Å²) in [4.78, 5) is 32.9. The third kappa shape index (κ3) is 4.72. The zero-order valence-electron chi connectivity index (χ0n) is 15.4. The zero-order chi connectivity index (χ0) is 19.9. The summed E-state index contributed by atoms with van der Waals surface area (Å²) in [6, 6.07) is 10.7. The molecular formula is C20H19N3O4S. The number of hydrogen-bond acceptors (Lipinski definition) is 7. The number of thiazole rings is 1. The van der Waals surface area contributed by atoms with E-state index in [4.69, 9.17) is 9.47 Å². The molecule has 0 aliphatic carbocycles. The maximum atomic E-state index is 12.5. The molecule has 2 heterocycles. The van der Waals surface area contributed by atoms with Crippen molar-refractivity contribution in [1.82, 2.24) is 9.97 Å². The summed E-state index contributed by atoms with van der Waals surface area (Å²) in [7, 11) is 1.61. The SMILES string of the molecule is CCC(OC(=O)c1cccnc1)C(=O)Nc1nc(-c2ccc(OC)cc2)cs1. The molecule has 1 unspecified atom stereocenters. The number of nitrogens with one attached hydrogen (secondary N) is 1. The second kappa shape index (κ2) is 9.09. The number of pyridine rings is 1. The molecule has 0 radical (unpaired) electrons. The van der Waals surface area contributed by atoms with Crippen LogP contribution in [0.15, 0.2) is 54.2 Å². The van der Waals surface area contributed by atoms with Crippen molar-refractivity contribution in [3.8, 4) is 17.0 Å². The van der Waals surface area contributed by atoms with Crippen LogP contribution in [0.1, 0.15) is 23.7 Å². The third-order valence-electron chi connectivity index (χ3n) is 3.93. The molecule has 0 saturated heterocycles. The molecule has 0 spiro atoms. The van der Waals surface area contributed by atoms with E-state index in [2.05, 4.69) is 15.3 Å². The van der Waals surface area contributed by atoms with Gasteiger partial charge >= 0.3 is 5.97 Å². The predicted octanol–water partition coefficient (Wildman–Crippen LogP) is 3.79. The van der Waals surface area contributed by atoms with E-state index < -0.39 is 18.0 Å². The van der Waals surface area contributed by atoms with Gasteiger partial charge in [-0.15, -0.1) is 11.3 Å². The summed E-state index contributed by atoms with van der Waals surface area (Å²) in [6.07, 6.45) is 2.38. The number of aromatic nitrogens is 2. The summed E-state index contributed by atoms with van der Waals surface area (Å²) in [5.41, 5.74) is 1.95. The van der Waals surface area contributed by atoms with Gasteiger partial charge in [0, 0.05) is 23.3 Å². The van der Waals surface area contributed by atoms with E-state index >= 15 is 0 Å². The number of benzene rings is 1. The van der Waals surface area contributed by atoms with Crippen LogP contribution in [-0.2, 0) is 9.53 Å². The Balaban J connectivity index is 1.64. The van der Waals surface area contributed by atoms with E-state index in [9.17, 15) is 9.59 Å². The average Bonchev–Trinajstić information content (AvgIpc) is 3.20. The van der Waals surface area contributed by atoms with Crippen LogP contribution in [0.5, 0.6) is 5.75 Å². The number of rotatable bonds is 7. The minimum Gasteiger partial charge on any atom is -0.497 e. The van der Waals surface area contributed by atoms with Gasteiger partial charge in [-0.05, 0) is 42.8 Å². The molecule has 1 aromatic carbocycles. The standard InChI is InChI=1S/C20H19N3O4S/c1-3-17(27-19(25)14-5-4-10-21-11-14)18(24)23-20-22-16(12-28-20)13-6-8-15(26-2)9-7-13/h4-12,17H,3H2,1-2H3,(H,22,23,24). The minimum absolute atomic E-state index is 0.296. The van der Waals surface area contributed by atoms with E-state index in [1.54, 1.807) is 32.4 Å². The van der Waals surface area contributed by atoms with Crippen LogP contribution in [0.4, 0.5) is 5.13 Å². The van der Waals surface area contributed by atoms with E-state index in [0.29, 0.717) is 17.1 Å². The molecule has 0 bridgehead atoms. The van der Waals surface area contributed by atoms with Crippen LogP contribution >= 0.6 is 11.3 Å². The molecule has 28 heavy (non-hydrogen) atoms. The Morgan fingerprint density at radius 2 is 2.00 bits per heavy atom. The first kappa shape index (κ1) is 19.5. The highest BCUT2D eigenvalue weighted by molar-refractivity contribution is 7.14. The highest BCUT2D eigenvalue weighted by atomic mass is 32.1. The Morgan fingerprint density at radius 3 is 2.64 bits per heavy atom. The Bertz CT molecular complexity index is 942. The van der Waals surface area contributed by atoms with Crippen molar-refractivity contribution in [3.05, 3.63) is 59.7 Å². The van der Waals surface area contributed by atoms with E-state index in [1.165, 1.54) is 17.5 Å². The van der Waals surface area contributed by atoms with Gasteiger partial charge in [0.15, 0.2) is 11.2 Å². The van der Waals surface area contributed by atoms with Crippen LogP contribution in [0, 0.1) is 0 Å². The van der Waals surface area contributed by atoms with Gasteiger partial charge in [0.05, 0.1) is 18.4 Å². The quantitative estimate of drug-likeness (QED) is 0.610. The van der Waals surface area contributed by atoms with Crippen molar-refractivity contribution in [1.29, 1.82) is 0 Å². The molecule has 0 aliphatic heterocycles. The van der Waals surface area contributed by atoms with E-state index in [-0.39, 0.29) is 0 Å². The molecule has 144 valence electrons. The van der Waals surface area contributed by atoms with Gasteiger partial charge in [0.25, 0.3) is 5.91 Å². The summed E-state index contributed by atoms with van der Waals surface area (Å²) in [6.45, 7) is 1.77. The first-order valence-electron chi connectivity index (χ1n) is 8.62. The third-order valence-corrected chi connectivity index (χ3v) is 4.69. The monoisotopic (exact) mass is 397 g/mol. The summed E-state index contributed by atoms with van der Waals surface area (Å²) in [5, 5.41) is 5.00. The lowest BCUT2D eigenvalue weighted by atomic mass is 10.2. The number of hydrogen-bond donors (Lipinski definition) is 1. The molecule has 1 N–H and O–H groups in total. The lowest BCUT2D eigenvalue weighted by Crippen LogP contribution is -2.32. The van der Waals surface area contributed by atoms with Crippen LogP contribution in [-0.4, -0.2) is 35.1 Å². The highest BCUT2D eigenvalue weighted by Gasteiger charge is 2.23. The maximum absolute atomic E-state index is 12.5. The average molecular weight is 397 g/mol. The molecular weight excluding hydrogens is 378 g/mol. The highest BCUT2D eigenvalue weighted by Crippen LogP contribution is 2.26. The number of nitrogens with zero attached hydrogens (tertiary/aromatic N) is 2. The van der Waals surface area contributed by atoms with Crippen molar-refractivity contribution in [3.63, 3.8) is 0 Å². The molecule has 0 aliphatic rings. The van der Waals surface area contributed by atoms with Gasteiger partial charge < -0.3 is 9.47 Å². The molecule has 3 aromatic rings. The number of carbonyl (C=O) groups excluding carboxylic acids is 2. The number of amides is 1. The van der Waals surface area contributed by atoms with Crippen LogP contribution in [0.3, 0.4) is 0 Å².